The Hall–Kier alpha value is -1.83. The first-order valence-electron chi connectivity index (χ1n) is 6.64. The van der Waals surface area contributed by atoms with Crippen LogP contribution in [-0.2, 0) is 6.42 Å². The van der Waals surface area contributed by atoms with Crippen molar-refractivity contribution in [3.05, 3.63) is 82.9 Å². The summed E-state index contributed by atoms with van der Waals surface area (Å²) in [7, 11) is 0. The molecule has 0 heterocycles. The summed E-state index contributed by atoms with van der Waals surface area (Å²) in [6.07, 6.45) is -0.0163. The molecule has 3 aromatic rings. The van der Waals surface area contributed by atoms with Crippen LogP contribution in [-0.4, -0.2) is 5.11 Å². The number of aliphatic hydroxyl groups excluding tert-OH is 1. The predicted molar refractivity (Wildman–Crippen MR) is 84.1 cm³/mol. The first kappa shape index (κ1) is 13.2. The van der Waals surface area contributed by atoms with Crippen molar-refractivity contribution in [2.24, 2.45) is 0 Å². The summed E-state index contributed by atoms with van der Waals surface area (Å²) < 4.78 is 0. The molecule has 0 amide bonds. The van der Waals surface area contributed by atoms with Gasteiger partial charge in [-0.25, -0.2) is 0 Å². The highest BCUT2D eigenvalue weighted by atomic mass is 35.5. The lowest BCUT2D eigenvalue weighted by molar-refractivity contribution is 0.178. The zero-order valence-corrected chi connectivity index (χ0v) is 11.7. The Morgan fingerprint density at radius 3 is 2.35 bits per heavy atom. The quantitative estimate of drug-likeness (QED) is 0.734. The summed E-state index contributed by atoms with van der Waals surface area (Å²) in [5.41, 5.74) is 1.89. The van der Waals surface area contributed by atoms with Gasteiger partial charge in [0.15, 0.2) is 0 Å². The van der Waals surface area contributed by atoms with Crippen molar-refractivity contribution in [2.45, 2.75) is 12.5 Å². The van der Waals surface area contributed by atoms with Gasteiger partial charge < -0.3 is 5.11 Å². The van der Waals surface area contributed by atoms with Crippen LogP contribution in [0.15, 0.2) is 66.7 Å². The molecule has 3 aromatic carbocycles. The van der Waals surface area contributed by atoms with Gasteiger partial charge in [0.1, 0.15) is 0 Å². The molecular formula is C18H15ClO. The van der Waals surface area contributed by atoms with E-state index in [0.717, 1.165) is 16.5 Å². The summed E-state index contributed by atoms with van der Waals surface area (Å²) in [5, 5.41) is 13.4. The Balaban J connectivity index is 1.89. The fraction of sp³-hybridized carbons (Fsp3) is 0.111. The third-order valence-electron chi connectivity index (χ3n) is 3.53. The standard InChI is InChI=1S/C18H15ClO/c19-17-8-4-3-7-15(17)12-18(20)16-10-9-13-5-1-2-6-14(13)11-16/h1-11,18,20H,12H2. The van der Waals surface area contributed by atoms with Crippen LogP contribution in [0.25, 0.3) is 10.8 Å². The highest BCUT2D eigenvalue weighted by Crippen LogP contribution is 2.25. The van der Waals surface area contributed by atoms with Crippen LogP contribution in [0.3, 0.4) is 0 Å². The number of fused-ring (bicyclic) bond motifs is 1. The molecule has 0 aliphatic heterocycles. The minimum absolute atomic E-state index is 0.526. The molecule has 1 N–H and O–H groups in total. The van der Waals surface area contributed by atoms with E-state index in [1.807, 2.05) is 54.6 Å². The number of rotatable bonds is 3. The molecular weight excluding hydrogens is 268 g/mol. The number of benzene rings is 3. The Morgan fingerprint density at radius 1 is 0.850 bits per heavy atom. The minimum Gasteiger partial charge on any atom is -0.388 e. The van der Waals surface area contributed by atoms with Crippen LogP contribution < -0.4 is 0 Å². The SMILES string of the molecule is OC(Cc1ccccc1Cl)c1ccc2ccccc2c1. The molecule has 100 valence electrons. The molecule has 3 rings (SSSR count). The summed E-state index contributed by atoms with van der Waals surface area (Å²) in [6.45, 7) is 0. The molecule has 0 aromatic heterocycles. The lowest BCUT2D eigenvalue weighted by Crippen LogP contribution is -2.02. The molecule has 0 spiro atoms. The van der Waals surface area contributed by atoms with Gasteiger partial charge in [-0.1, -0.05) is 66.2 Å². The maximum atomic E-state index is 10.4. The van der Waals surface area contributed by atoms with E-state index in [0.29, 0.717) is 11.4 Å². The topological polar surface area (TPSA) is 20.2 Å². The first-order chi connectivity index (χ1) is 9.74. The van der Waals surface area contributed by atoms with Crippen molar-refractivity contribution >= 4 is 22.4 Å². The molecule has 0 aliphatic carbocycles. The highest BCUT2D eigenvalue weighted by molar-refractivity contribution is 6.31. The molecule has 0 fully saturated rings. The molecule has 1 atom stereocenters. The van der Waals surface area contributed by atoms with Gasteiger partial charge in [0, 0.05) is 11.4 Å². The van der Waals surface area contributed by atoms with E-state index >= 15 is 0 Å². The van der Waals surface area contributed by atoms with E-state index in [9.17, 15) is 5.11 Å². The summed E-state index contributed by atoms with van der Waals surface area (Å²) in [5.74, 6) is 0. The zero-order chi connectivity index (χ0) is 13.9. The largest absolute Gasteiger partial charge is 0.388 e. The molecule has 20 heavy (non-hydrogen) atoms. The van der Waals surface area contributed by atoms with E-state index in [4.69, 9.17) is 11.6 Å². The Bertz CT molecular complexity index is 736. The highest BCUT2D eigenvalue weighted by Gasteiger charge is 2.11. The van der Waals surface area contributed by atoms with Crippen molar-refractivity contribution in [3.8, 4) is 0 Å². The molecule has 1 unspecified atom stereocenters. The second kappa shape index (κ2) is 5.66. The molecule has 2 heteroatoms. The van der Waals surface area contributed by atoms with Gasteiger partial charge in [0.2, 0.25) is 0 Å². The molecule has 0 radical (unpaired) electrons. The summed E-state index contributed by atoms with van der Waals surface area (Å²) in [4.78, 5) is 0. The van der Waals surface area contributed by atoms with E-state index < -0.39 is 6.10 Å². The minimum atomic E-state index is -0.542. The number of hydrogen-bond donors (Lipinski definition) is 1. The third-order valence-corrected chi connectivity index (χ3v) is 3.90. The van der Waals surface area contributed by atoms with Crippen LogP contribution in [0.5, 0.6) is 0 Å². The van der Waals surface area contributed by atoms with Crippen molar-refractivity contribution in [1.82, 2.24) is 0 Å². The van der Waals surface area contributed by atoms with Gasteiger partial charge in [0.05, 0.1) is 6.10 Å². The van der Waals surface area contributed by atoms with Crippen LogP contribution >= 0.6 is 11.6 Å². The van der Waals surface area contributed by atoms with E-state index in [2.05, 4.69) is 12.1 Å². The van der Waals surface area contributed by atoms with Crippen molar-refractivity contribution in [3.63, 3.8) is 0 Å². The Labute approximate surface area is 123 Å². The van der Waals surface area contributed by atoms with Gasteiger partial charge in [-0.15, -0.1) is 0 Å². The average Bonchev–Trinajstić information content (AvgIpc) is 2.49. The van der Waals surface area contributed by atoms with Gasteiger partial charge in [-0.05, 0) is 34.0 Å². The van der Waals surface area contributed by atoms with Crippen molar-refractivity contribution in [2.75, 3.05) is 0 Å². The lowest BCUT2D eigenvalue weighted by Gasteiger charge is -2.13. The Morgan fingerprint density at radius 2 is 1.55 bits per heavy atom. The molecule has 0 saturated heterocycles. The summed E-state index contributed by atoms with van der Waals surface area (Å²) in [6, 6.07) is 21.8. The van der Waals surface area contributed by atoms with E-state index in [1.165, 1.54) is 5.39 Å². The van der Waals surface area contributed by atoms with Crippen molar-refractivity contribution in [1.29, 1.82) is 0 Å². The number of aliphatic hydroxyl groups is 1. The smallest absolute Gasteiger partial charge is 0.0831 e. The fourth-order valence-corrected chi connectivity index (χ4v) is 2.62. The van der Waals surface area contributed by atoms with Gasteiger partial charge >= 0.3 is 0 Å². The van der Waals surface area contributed by atoms with Gasteiger partial charge in [-0.3, -0.25) is 0 Å². The predicted octanol–water partition coefficient (Wildman–Crippen LogP) is 4.77. The van der Waals surface area contributed by atoms with Crippen LogP contribution in [0.4, 0.5) is 0 Å². The normalized spacial score (nSPS) is 12.5. The van der Waals surface area contributed by atoms with E-state index in [1.54, 1.807) is 0 Å². The number of halogens is 1. The third kappa shape index (κ3) is 2.69. The lowest BCUT2D eigenvalue weighted by atomic mass is 9.99. The Kier molecular flexibility index (Phi) is 3.72. The maximum absolute atomic E-state index is 10.4. The van der Waals surface area contributed by atoms with Gasteiger partial charge in [-0.2, -0.15) is 0 Å². The maximum Gasteiger partial charge on any atom is 0.0831 e. The molecule has 1 nitrogen and oxygen atoms in total. The fourth-order valence-electron chi connectivity index (χ4n) is 2.41. The van der Waals surface area contributed by atoms with E-state index in [-0.39, 0.29) is 0 Å². The summed E-state index contributed by atoms with van der Waals surface area (Å²) >= 11 is 6.14. The van der Waals surface area contributed by atoms with Crippen LogP contribution in [0, 0.1) is 0 Å². The monoisotopic (exact) mass is 282 g/mol. The van der Waals surface area contributed by atoms with Crippen LogP contribution in [0.1, 0.15) is 17.2 Å². The van der Waals surface area contributed by atoms with Gasteiger partial charge in [0.25, 0.3) is 0 Å². The van der Waals surface area contributed by atoms with Crippen LogP contribution in [0.2, 0.25) is 5.02 Å². The zero-order valence-electron chi connectivity index (χ0n) is 11.0. The average molecular weight is 283 g/mol. The second-order valence-corrected chi connectivity index (χ2v) is 5.33. The first-order valence-corrected chi connectivity index (χ1v) is 7.02. The number of hydrogen-bond acceptors (Lipinski definition) is 1. The van der Waals surface area contributed by atoms with Crippen molar-refractivity contribution < 1.29 is 5.11 Å². The molecule has 0 saturated carbocycles. The molecule has 0 bridgehead atoms. The molecule has 0 aliphatic rings. The second-order valence-electron chi connectivity index (χ2n) is 4.92.